The summed E-state index contributed by atoms with van der Waals surface area (Å²) in [5.41, 5.74) is 1.55. The average molecular weight is 285 g/mol. The maximum atomic E-state index is 3.84. The molecular weight excluding hydrogens is 254 g/mol. The molecule has 1 aromatic carbocycles. The molecule has 21 heavy (non-hydrogen) atoms. The first-order valence-corrected chi connectivity index (χ1v) is 9.20. The second kappa shape index (κ2) is 7.98. The molecule has 3 rings (SSSR count). The van der Waals surface area contributed by atoms with Crippen LogP contribution in [-0.2, 0) is 0 Å². The van der Waals surface area contributed by atoms with Crippen molar-refractivity contribution in [2.24, 2.45) is 5.92 Å². The molecule has 0 aromatic heterocycles. The Hall–Kier alpha value is -0.820. The van der Waals surface area contributed by atoms with Gasteiger partial charge in [-0.05, 0) is 56.0 Å². The summed E-state index contributed by atoms with van der Waals surface area (Å²) in [5.74, 6) is 1.83. The second-order valence-corrected chi connectivity index (χ2v) is 7.21. The molecule has 0 bridgehead atoms. The van der Waals surface area contributed by atoms with Gasteiger partial charge in [-0.3, -0.25) is 0 Å². The summed E-state index contributed by atoms with van der Waals surface area (Å²) >= 11 is 0. The maximum Gasteiger partial charge on any atom is 0.00674 e. The van der Waals surface area contributed by atoms with Gasteiger partial charge in [-0.15, -0.1) is 0 Å². The van der Waals surface area contributed by atoms with Crippen molar-refractivity contribution in [3.05, 3.63) is 35.9 Å². The van der Waals surface area contributed by atoms with E-state index < -0.39 is 0 Å². The zero-order chi connectivity index (χ0) is 14.3. The summed E-state index contributed by atoms with van der Waals surface area (Å²) in [6, 6.07) is 11.9. The minimum atomic E-state index is 0.786. The van der Waals surface area contributed by atoms with Crippen molar-refractivity contribution < 1.29 is 0 Å². The van der Waals surface area contributed by atoms with Crippen LogP contribution in [0.15, 0.2) is 30.3 Å². The van der Waals surface area contributed by atoms with Crippen molar-refractivity contribution in [1.82, 2.24) is 5.32 Å². The van der Waals surface area contributed by atoms with Gasteiger partial charge in [0.25, 0.3) is 0 Å². The van der Waals surface area contributed by atoms with Crippen molar-refractivity contribution >= 4 is 0 Å². The van der Waals surface area contributed by atoms with Gasteiger partial charge in [0.15, 0.2) is 0 Å². The van der Waals surface area contributed by atoms with E-state index in [9.17, 15) is 0 Å². The Morgan fingerprint density at radius 2 is 1.52 bits per heavy atom. The van der Waals surface area contributed by atoms with E-state index in [-0.39, 0.29) is 0 Å². The van der Waals surface area contributed by atoms with E-state index in [0.29, 0.717) is 0 Å². The molecule has 1 aromatic rings. The van der Waals surface area contributed by atoms with E-state index >= 15 is 0 Å². The molecule has 0 saturated heterocycles. The molecule has 1 nitrogen and oxygen atoms in total. The van der Waals surface area contributed by atoms with Gasteiger partial charge in [-0.25, -0.2) is 0 Å². The van der Waals surface area contributed by atoms with Crippen LogP contribution in [0.25, 0.3) is 0 Å². The molecular formula is C20H31N. The Kier molecular flexibility index (Phi) is 5.74. The number of rotatable bonds is 5. The van der Waals surface area contributed by atoms with E-state index in [1.54, 1.807) is 5.56 Å². The van der Waals surface area contributed by atoms with Crippen molar-refractivity contribution in [1.29, 1.82) is 0 Å². The van der Waals surface area contributed by atoms with Crippen LogP contribution in [0.3, 0.4) is 0 Å². The maximum absolute atomic E-state index is 3.84. The normalized spacial score (nSPS) is 27.6. The van der Waals surface area contributed by atoms with Gasteiger partial charge >= 0.3 is 0 Å². The molecule has 0 radical (unpaired) electrons. The lowest BCUT2D eigenvalue weighted by molar-refractivity contribution is 0.303. The third kappa shape index (κ3) is 4.57. The zero-order valence-electron chi connectivity index (χ0n) is 13.4. The van der Waals surface area contributed by atoms with E-state index in [4.69, 9.17) is 0 Å². The lowest BCUT2D eigenvalue weighted by Gasteiger charge is -2.30. The van der Waals surface area contributed by atoms with Crippen LogP contribution in [0, 0.1) is 5.92 Å². The topological polar surface area (TPSA) is 12.0 Å². The van der Waals surface area contributed by atoms with E-state index in [1.807, 2.05) is 0 Å². The molecule has 0 spiro atoms. The molecule has 1 N–H and O–H groups in total. The van der Waals surface area contributed by atoms with Crippen molar-refractivity contribution in [3.8, 4) is 0 Å². The molecule has 0 heterocycles. The zero-order valence-corrected chi connectivity index (χ0v) is 13.4. The lowest BCUT2D eigenvalue weighted by atomic mass is 9.81. The lowest BCUT2D eigenvalue weighted by Crippen LogP contribution is -2.34. The van der Waals surface area contributed by atoms with Crippen LogP contribution in [0.5, 0.6) is 0 Å². The van der Waals surface area contributed by atoms with Crippen LogP contribution in [-0.4, -0.2) is 12.6 Å². The monoisotopic (exact) mass is 285 g/mol. The van der Waals surface area contributed by atoms with Gasteiger partial charge in [-0.2, -0.15) is 0 Å². The van der Waals surface area contributed by atoms with E-state index in [1.165, 1.54) is 70.8 Å². The second-order valence-electron chi connectivity index (χ2n) is 7.21. The summed E-state index contributed by atoms with van der Waals surface area (Å²) in [6.45, 7) is 1.26. The van der Waals surface area contributed by atoms with E-state index in [0.717, 1.165) is 17.9 Å². The first-order chi connectivity index (χ1) is 10.4. The molecule has 0 aliphatic heterocycles. The Balaban J connectivity index is 1.34. The molecule has 1 heteroatoms. The van der Waals surface area contributed by atoms with Gasteiger partial charge in [-0.1, -0.05) is 62.4 Å². The predicted octanol–water partition coefficient (Wildman–Crippen LogP) is 5.27. The quantitative estimate of drug-likeness (QED) is 0.777. The third-order valence-electron chi connectivity index (χ3n) is 5.71. The van der Waals surface area contributed by atoms with E-state index in [2.05, 4.69) is 35.6 Å². The molecule has 2 aliphatic rings. The molecule has 2 saturated carbocycles. The highest BCUT2D eigenvalue weighted by atomic mass is 14.9. The summed E-state index contributed by atoms with van der Waals surface area (Å²) in [7, 11) is 0. The third-order valence-corrected chi connectivity index (χ3v) is 5.71. The largest absolute Gasteiger partial charge is 0.314 e. The van der Waals surface area contributed by atoms with Crippen LogP contribution in [0.4, 0.5) is 0 Å². The smallest absolute Gasteiger partial charge is 0.00674 e. The molecule has 0 unspecified atom stereocenters. The van der Waals surface area contributed by atoms with Crippen LogP contribution < -0.4 is 5.32 Å². The SMILES string of the molecule is c1ccc(C2CCC(NCCC3CCCCC3)CC2)cc1. The standard InChI is InChI=1S/C20H31N/c1-3-7-17(8-4-1)15-16-21-20-13-11-19(12-14-20)18-9-5-2-6-10-18/h2,5-6,9-10,17,19-21H,1,3-4,7-8,11-16H2. The summed E-state index contributed by atoms with van der Waals surface area (Å²) in [4.78, 5) is 0. The molecule has 0 atom stereocenters. The van der Waals surface area contributed by atoms with Gasteiger partial charge in [0.05, 0.1) is 0 Å². The summed E-state index contributed by atoms with van der Waals surface area (Å²) in [6.07, 6.45) is 14.3. The highest BCUT2D eigenvalue weighted by molar-refractivity contribution is 5.20. The molecule has 2 aliphatic carbocycles. The molecule has 0 amide bonds. The fraction of sp³-hybridized carbons (Fsp3) is 0.700. The van der Waals surface area contributed by atoms with Crippen LogP contribution in [0.1, 0.15) is 75.7 Å². The number of nitrogens with one attached hydrogen (secondary N) is 1. The summed E-state index contributed by atoms with van der Waals surface area (Å²) in [5, 5.41) is 3.84. The Morgan fingerprint density at radius 1 is 0.810 bits per heavy atom. The van der Waals surface area contributed by atoms with Crippen molar-refractivity contribution in [2.75, 3.05) is 6.54 Å². The Bertz CT molecular complexity index is 386. The molecule has 116 valence electrons. The highest BCUT2D eigenvalue weighted by Gasteiger charge is 2.22. The Labute approximate surface area is 130 Å². The highest BCUT2D eigenvalue weighted by Crippen LogP contribution is 2.33. The number of benzene rings is 1. The Morgan fingerprint density at radius 3 is 2.24 bits per heavy atom. The van der Waals surface area contributed by atoms with Gasteiger partial charge in [0, 0.05) is 6.04 Å². The predicted molar refractivity (Wildman–Crippen MR) is 90.6 cm³/mol. The molecule has 2 fully saturated rings. The average Bonchev–Trinajstić information content (AvgIpc) is 2.57. The number of hydrogen-bond acceptors (Lipinski definition) is 1. The fourth-order valence-electron chi connectivity index (χ4n) is 4.32. The first-order valence-electron chi connectivity index (χ1n) is 9.20. The van der Waals surface area contributed by atoms with Gasteiger partial charge in [0.2, 0.25) is 0 Å². The van der Waals surface area contributed by atoms with Crippen LogP contribution in [0.2, 0.25) is 0 Å². The van der Waals surface area contributed by atoms with Gasteiger partial charge in [0.1, 0.15) is 0 Å². The summed E-state index contributed by atoms with van der Waals surface area (Å²) < 4.78 is 0. The van der Waals surface area contributed by atoms with Crippen molar-refractivity contribution in [2.45, 2.75) is 76.2 Å². The first kappa shape index (κ1) is 15.1. The number of hydrogen-bond donors (Lipinski definition) is 1. The minimum absolute atomic E-state index is 0.786. The minimum Gasteiger partial charge on any atom is -0.314 e. The van der Waals surface area contributed by atoms with Gasteiger partial charge < -0.3 is 5.32 Å². The van der Waals surface area contributed by atoms with Crippen molar-refractivity contribution in [3.63, 3.8) is 0 Å². The fourth-order valence-corrected chi connectivity index (χ4v) is 4.32. The van der Waals surface area contributed by atoms with Crippen LogP contribution >= 0.6 is 0 Å².